The summed E-state index contributed by atoms with van der Waals surface area (Å²) in [7, 11) is 3.30. The molecule has 0 spiro atoms. The number of nitrogens with two attached hydrogens (primary N) is 1. The van der Waals surface area contributed by atoms with Crippen LogP contribution in [0.15, 0.2) is 48.0 Å². The molecule has 8 nitrogen and oxygen atoms in total. The third kappa shape index (κ3) is 4.24. The molecular weight excluding hydrogens is 419 g/mol. The summed E-state index contributed by atoms with van der Waals surface area (Å²) in [6.45, 7) is 0.290. The third-order valence-corrected chi connectivity index (χ3v) is 5.54. The van der Waals surface area contributed by atoms with Crippen LogP contribution in [0.25, 0.3) is 16.8 Å². The molecule has 2 amide bonds. The number of hydrogen-bond donors (Lipinski definition) is 2. The molecule has 0 unspecified atom stereocenters. The Balaban J connectivity index is 1.60. The lowest BCUT2D eigenvalue weighted by Crippen LogP contribution is -2.22. The number of rotatable bonds is 5. The van der Waals surface area contributed by atoms with Crippen molar-refractivity contribution in [2.75, 3.05) is 19.8 Å². The zero-order valence-electron chi connectivity index (χ0n) is 16.8. The third-order valence-electron chi connectivity index (χ3n) is 4.61. The Kier molecular flexibility index (Phi) is 5.38. The number of halogens is 1. The van der Waals surface area contributed by atoms with Gasteiger partial charge in [-0.25, -0.2) is 8.91 Å². The van der Waals surface area contributed by atoms with Gasteiger partial charge in [0.15, 0.2) is 5.65 Å². The summed E-state index contributed by atoms with van der Waals surface area (Å²) >= 11 is 1.28. The number of amides is 2. The first-order valence-corrected chi connectivity index (χ1v) is 10.2. The van der Waals surface area contributed by atoms with Crippen molar-refractivity contribution in [3.05, 3.63) is 69.8 Å². The van der Waals surface area contributed by atoms with Gasteiger partial charge in [-0.15, -0.1) is 16.4 Å². The summed E-state index contributed by atoms with van der Waals surface area (Å²) in [5.74, 6) is -0.727. The monoisotopic (exact) mass is 438 g/mol. The molecule has 158 valence electrons. The van der Waals surface area contributed by atoms with E-state index >= 15 is 0 Å². The van der Waals surface area contributed by atoms with E-state index in [4.69, 9.17) is 5.73 Å². The van der Waals surface area contributed by atoms with E-state index in [2.05, 4.69) is 15.4 Å². The number of fused-ring (bicyclic) bond motifs is 1. The number of thiophene rings is 1. The van der Waals surface area contributed by atoms with Crippen LogP contribution in [-0.2, 0) is 6.54 Å². The minimum atomic E-state index is -0.323. The second-order valence-corrected chi connectivity index (χ2v) is 8.00. The van der Waals surface area contributed by atoms with E-state index in [0.717, 1.165) is 11.1 Å². The van der Waals surface area contributed by atoms with Crippen LogP contribution in [0.4, 0.5) is 10.3 Å². The fraction of sp³-hybridized carbons (Fsp3) is 0.143. The zero-order chi connectivity index (χ0) is 22.1. The smallest absolute Gasteiger partial charge is 0.261 e. The Hall–Kier alpha value is -3.79. The van der Waals surface area contributed by atoms with Gasteiger partial charge in [0.05, 0.1) is 10.4 Å². The predicted molar refractivity (Wildman–Crippen MR) is 116 cm³/mol. The van der Waals surface area contributed by atoms with Crippen molar-refractivity contribution in [3.63, 3.8) is 0 Å². The molecule has 0 aliphatic carbocycles. The standard InChI is InChI=1S/C21H19FN6O2S/c1-27(2)20(30)16-7-13(10-28-18(16)25-21(23)26-28)14-8-17(31-11-14)19(29)24-9-12-3-5-15(22)6-4-12/h3-8,10-11H,9H2,1-2H3,(H2,23,26)(H,24,29). The number of pyridine rings is 1. The van der Waals surface area contributed by atoms with E-state index in [1.807, 2.05) is 5.38 Å². The summed E-state index contributed by atoms with van der Waals surface area (Å²) in [5.41, 5.74) is 8.72. The summed E-state index contributed by atoms with van der Waals surface area (Å²) < 4.78 is 14.5. The van der Waals surface area contributed by atoms with Gasteiger partial charge in [-0.3, -0.25) is 9.59 Å². The van der Waals surface area contributed by atoms with Crippen LogP contribution in [-0.4, -0.2) is 45.4 Å². The first-order valence-electron chi connectivity index (χ1n) is 9.31. The largest absolute Gasteiger partial charge is 0.366 e. The van der Waals surface area contributed by atoms with Crippen molar-refractivity contribution in [2.24, 2.45) is 0 Å². The van der Waals surface area contributed by atoms with Crippen LogP contribution in [0.5, 0.6) is 0 Å². The molecule has 0 aliphatic rings. The number of aromatic nitrogens is 3. The Morgan fingerprint density at radius 2 is 1.94 bits per heavy atom. The summed E-state index contributed by atoms with van der Waals surface area (Å²) in [6, 6.07) is 9.41. The molecule has 0 radical (unpaired) electrons. The first-order chi connectivity index (χ1) is 14.8. The Morgan fingerprint density at radius 1 is 1.19 bits per heavy atom. The van der Waals surface area contributed by atoms with Crippen LogP contribution in [0, 0.1) is 5.82 Å². The number of hydrogen-bond acceptors (Lipinski definition) is 6. The second kappa shape index (κ2) is 8.15. The second-order valence-electron chi connectivity index (χ2n) is 7.09. The lowest BCUT2D eigenvalue weighted by molar-refractivity contribution is 0.0828. The van der Waals surface area contributed by atoms with E-state index in [0.29, 0.717) is 21.7 Å². The van der Waals surface area contributed by atoms with Gasteiger partial charge in [-0.2, -0.15) is 4.98 Å². The van der Waals surface area contributed by atoms with E-state index < -0.39 is 0 Å². The van der Waals surface area contributed by atoms with Crippen LogP contribution >= 0.6 is 11.3 Å². The molecule has 3 heterocycles. The number of nitrogen functional groups attached to an aromatic ring is 1. The Labute approximate surface area is 181 Å². The number of carbonyl (C=O) groups is 2. The summed E-state index contributed by atoms with van der Waals surface area (Å²) in [5, 5.41) is 8.78. The van der Waals surface area contributed by atoms with Gasteiger partial charge in [0.1, 0.15) is 5.82 Å². The molecule has 4 aromatic rings. The molecule has 1 aromatic carbocycles. The van der Waals surface area contributed by atoms with E-state index in [1.54, 1.807) is 44.6 Å². The number of benzene rings is 1. The van der Waals surface area contributed by atoms with Gasteiger partial charge in [-0.05, 0) is 40.8 Å². The maximum Gasteiger partial charge on any atom is 0.261 e. The zero-order valence-corrected chi connectivity index (χ0v) is 17.6. The minimum absolute atomic E-state index is 0.0659. The number of nitrogens with zero attached hydrogens (tertiary/aromatic N) is 4. The number of anilines is 1. The van der Waals surface area contributed by atoms with Crippen molar-refractivity contribution >= 4 is 34.7 Å². The average molecular weight is 438 g/mol. The van der Waals surface area contributed by atoms with Gasteiger partial charge in [0.2, 0.25) is 5.95 Å². The molecular formula is C21H19FN6O2S. The molecule has 4 rings (SSSR count). The quantitative estimate of drug-likeness (QED) is 0.498. The highest BCUT2D eigenvalue weighted by atomic mass is 32.1. The average Bonchev–Trinajstić information content (AvgIpc) is 3.38. The summed E-state index contributed by atoms with van der Waals surface area (Å²) in [4.78, 5) is 31.3. The van der Waals surface area contributed by atoms with Crippen molar-refractivity contribution in [1.82, 2.24) is 24.8 Å². The van der Waals surface area contributed by atoms with Crippen molar-refractivity contribution in [2.45, 2.75) is 6.54 Å². The van der Waals surface area contributed by atoms with Crippen molar-refractivity contribution in [1.29, 1.82) is 0 Å². The maximum absolute atomic E-state index is 13.0. The molecule has 0 fully saturated rings. The highest BCUT2D eigenvalue weighted by Gasteiger charge is 2.19. The first kappa shape index (κ1) is 20.5. The number of carbonyl (C=O) groups excluding carboxylic acids is 2. The van der Waals surface area contributed by atoms with Crippen LogP contribution < -0.4 is 11.1 Å². The normalized spacial score (nSPS) is 10.9. The molecule has 0 saturated carbocycles. The molecule has 3 aromatic heterocycles. The maximum atomic E-state index is 13.0. The minimum Gasteiger partial charge on any atom is -0.366 e. The van der Waals surface area contributed by atoms with Crippen LogP contribution in [0.2, 0.25) is 0 Å². The van der Waals surface area contributed by atoms with Crippen molar-refractivity contribution in [3.8, 4) is 11.1 Å². The van der Waals surface area contributed by atoms with Crippen LogP contribution in [0.1, 0.15) is 25.6 Å². The van der Waals surface area contributed by atoms with Gasteiger partial charge >= 0.3 is 0 Å². The number of nitrogens with one attached hydrogen (secondary N) is 1. The Bertz CT molecular complexity index is 1280. The molecule has 0 atom stereocenters. The van der Waals surface area contributed by atoms with Gasteiger partial charge in [0.25, 0.3) is 11.8 Å². The van der Waals surface area contributed by atoms with Gasteiger partial charge in [0, 0.05) is 32.4 Å². The fourth-order valence-electron chi connectivity index (χ4n) is 3.04. The van der Waals surface area contributed by atoms with E-state index in [9.17, 15) is 14.0 Å². The van der Waals surface area contributed by atoms with Gasteiger partial charge in [-0.1, -0.05) is 12.1 Å². The molecule has 0 aliphatic heterocycles. The lowest BCUT2D eigenvalue weighted by Gasteiger charge is -2.11. The van der Waals surface area contributed by atoms with E-state index in [1.165, 1.54) is 32.9 Å². The SMILES string of the molecule is CN(C)C(=O)c1cc(-c2csc(C(=O)NCc3ccc(F)cc3)c2)cn2nc(N)nc12. The topological polar surface area (TPSA) is 106 Å². The van der Waals surface area contributed by atoms with Crippen LogP contribution in [0.3, 0.4) is 0 Å². The molecule has 0 bridgehead atoms. The highest BCUT2D eigenvalue weighted by Crippen LogP contribution is 2.28. The molecule has 31 heavy (non-hydrogen) atoms. The summed E-state index contributed by atoms with van der Waals surface area (Å²) in [6.07, 6.45) is 1.72. The lowest BCUT2D eigenvalue weighted by atomic mass is 10.1. The van der Waals surface area contributed by atoms with E-state index in [-0.39, 0.29) is 30.1 Å². The van der Waals surface area contributed by atoms with Crippen molar-refractivity contribution < 1.29 is 14.0 Å². The molecule has 10 heteroatoms. The van der Waals surface area contributed by atoms with Gasteiger partial charge < -0.3 is 16.0 Å². The molecule has 3 N–H and O–H groups in total. The molecule has 0 saturated heterocycles. The predicted octanol–water partition coefficient (Wildman–Crippen LogP) is 2.81. The fourth-order valence-corrected chi connectivity index (χ4v) is 3.87. The Morgan fingerprint density at radius 3 is 2.65 bits per heavy atom. The highest BCUT2D eigenvalue weighted by molar-refractivity contribution is 7.12.